The van der Waals surface area contributed by atoms with Gasteiger partial charge in [-0.05, 0) is 37.1 Å². The van der Waals surface area contributed by atoms with Crippen LogP contribution in [0.5, 0.6) is 0 Å². The first-order valence-electron chi connectivity index (χ1n) is 6.99. The average Bonchev–Trinajstić information content (AvgIpc) is 2.42. The molecular formula is C15H23FN2O. The summed E-state index contributed by atoms with van der Waals surface area (Å²) >= 11 is 0. The molecule has 19 heavy (non-hydrogen) atoms. The summed E-state index contributed by atoms with van der Waals surface area (Å²) in [6.45, 7) is 7.09. The van der Waals surface area contributed by atoms with Gasteiger partial charge in [-0.15, -0.1) is 0 Å². The number of nitrogens with zero attached hydrogens (tertiary/aromatic N) is 1. The van der Waals surface area contributed by atoms with Crippen LogP contribution >= 0.6 is 0 Å². The number of nitrogens with two attached hydrogens (primary N) is 1. The van der Waals surface area contributed by atoms with E-state index in [1.54, 1.807) is 6.92 Å². The summed E-state index contributed by atoms with van der Waals surface area (Å²) in [5.74, 6) is -0.160. The molecule has 1 aromatic rings. The summed E-state index contributed by atoms with van der Waals surface area (Å²) in [5, 5.41) is 0. The van der Waals surface area contributed by atoms with Crippen molar-refractivity contribution in [2.45, 2.75) is 32.4 Å². The van der Waals surface area contributed by atoms with E-state index >= 15 is 0 Å². The number of hydrogen-bond acceptors (Lipinski definition) is 3. The molecule has 1 aliphatic rings. The van der Waals surface area contributed by atoms with E-state index in [9.17, 15) is 4.39 Å². The van der Waals surface area contributed by atoms with E-state index < -0.39 is 0 Å². The Morgan fingerprint density at radius 2 is 2.26 bits per heavy atom. The Kier molecular flexibility index (Phi) is 4.91. The van der Waals surface area contributed by atoms with Crippen molar-refractivity contribution in [2.24, 2.45) is 5.73 Å². The van der Waals surface area contributed by atoms with Gasteiger partial charge < -0.3 is 10.5 Å². The third-order valence-corrected chi connectivity index (χ3v) is 3.72. The molecule has 1 saturated heterocycles. The molecule has 0 amide bonds. The molecule has 1 heterocycles. The number of ether oxygens (including phenoxy) is 1. The smallest absolute Gasteiger partial charge is 0.126 e. The zero-order chi connectivity index (χ0) is 13.8. The predicted molar refractivity (Wildman–Crippen MR) is 74.5 cm³/mol. The summed E-state index contributed by atoms with van der Waals surface area (Å²) < 4.78 is 19.2. The minimum Gasteiger partial charge on any atom is -0.374 e. The van der Waals surface area contributed by atoms with Crippen molar-refractivity contribution in [1.29, 1.82) is 0 Å². The Bertz CT molecular complexity index is 423. The largest absolute Gasteiger partial charge is 0.374 e. The van der Waals surface area contributed by atoms with Crippen LogP contribution in [0.2, 0.25) is 0 Å². The maximum absolute atomic E-state index is 13.4. The SMILES string of the molecule is CCCN1CCOC(CN)C1c1ccc(F)c(C)c1. The first-order valence-corrected chi connectivity index (χ1v) is 6.99. The Morgan fingerprint density at radius 1 is 1.47 bits per heavy atom. The van der Waals surface area contributed by atoms with Crippen molar-refractivity contribution in [2.75, 3.05) is 26.2 Å². The number of halogens is 1. The molecule has 1 aliphatic heterocycles. The zero-order valence-corrected chi connectivity index (χ0v) is 11.7. The predicted octanol–water partition coefficient (Wildman–Crippen LogP) is 2.24. The highest BCUT2D eigenvalue weighted by atomic mass is 19.1. The minimum absolute atomic E-state index is 0.00911. The standard InChI is InChI=1S/C15H23FN2O/c1-3-6-18-7-8-19-14(10-17)15(18)12-4-5-13(16)11(2)9-12/h4-5,9,14-15H,3,6-8,10,17H2,1-2H3. The van der Waals surface area contributed by atoms with Crippen molar-refractivity contribution in [3.05, 3.63) is 35.1 Å². The van der Waals surface area contributed by atoms with Gasteiger partial charge in [-0.2, -0.15) is 0 Å². The van der Waals surface area contributed by atoms with Gasteiger partial charge in [0.15, 0.2) is 0 Å². The first-order chi connectivity index (χ1) is 9.17. The quantitative estimate of drug-likeness (QED) is 0.908. The molecular weight excluding hydrogens is 243 g/mol. The normalized spacial score (nSPS) is 24.6. The van der Waals surface area contributed by atoms with Crippen LogP contribution in [0.3, 0.4) is 0 Å². The number of benzene rings is 1. The van der Waals surface area contributed by atoms with E-state index in [1.165, 1.54) is 6.07 Å². The highest BCUT2D eigenvalue weighted by Crippen LogP contribution is 2.30. The van der Waals surface area contributed by atoms with Crippen LogP contribution in [0.25, 0.3) is 0 Å². The van der Waals surface area contributed by atoms with Crippen LogP contribution in [0.15, 0.2) is 18.2 Å². The topological polar surface area (TPSA) is 38.5 Å². The van der Waals surface area contributed by atoms with E-state index in [4.69, 9.17) is 10.5 Å². The average molecular weight is 266 g/mol. The summed E-state index contributed by atoms with van der Waals surface area (Å²) in [7, 11) is 0. The van der Waals surface area contributed by atoms with Gasteiger partial charge in [0.2, 0.25) is 0 Å². The maximum atomic E-state index is 13.4. The lowest BCUT2D eigenvalue weighted by Gasteiger charge is -2.41. The summed E-state index contributed by atoms with van der Waals surface area (Å²) in [4.78, 5) is 2.40. The second kappa shape index (κ2) is 6.46. The van der Waals surface area contributed by atoms with E-state index in [0.29, 0.717) is 12.1 Å². The highest BCUT2D eigenvalue weighted by Gasteiger charge is 2.32. The zero-order valence-electron chi connectivity index (χ0n) is 11.7. The number of morpholine rings is 1. The van der Waals surface area contributed by atoms with Crippen LogP contribution in [-0.2, 0) is 4.74 Å². The molecule has 2 atom stereocenters. The molecule has 2 rings (SSSR count). The van der Waals surface area contributed by atoms with Gasteiger partial charge in [0.25, 0.3) is 0 Å². The molecule has 2 unspecified atom stereocenters. The highest BCUT2D eigenvalue weighted by molar-refractivity contribution is 5.28. The van der Waals surface area contributed by atoms with E-state index in [2.05, 4.69) is 11.8 Å². The molecule has 2 N–H and O–H groups in total. The van der Waals surface area contributed by atoms with Crippen LogP contribution in [-0.4, -0.2) is 37.2 Å². The second-order valence-electron chi connectivity index (χ2n) is 5.13. The van der Waals surface area contributed by atoms with Crippen LogP contribution in [0.4, 0.5) is 4.39 Å². The first kappa shape index (κ1) is 14.4. The molecule has 0 bridgehead atoms. The summed E-state index contributed by atoms with van der Waals surface area (Å²) in [5.41, 5.74) is 7.61. The van der Waals surface area contributed by atoms with Crippen molar-refractivity contribution >= 4 is 0 Å². The molecule has 0 saturated carbocycles. The number of rotatable bonds is 4. The fourth-order valence-corrected chi connectivity index (χ4v) is 2.80. The number of aryl methyl sites for hydroxylation is 1. The molecule has 4 heteroatoms. The molecule has 0 spiro atoms. The molecule has 3 nitrogen and oxygen atoms in total. The van der Waals surface area contributed by atoms with Gasteiger partial charge in [-0.1, -0.05) is 19.1 Å². The van der Waals surface area contributed by atoms with Gasteiger partial charge in [0.05, 0.1) is 18.8 Å². The molecule has 0 radical (unpaired) electrons. The molecule has 1 fully saturated rings. The van der Waals surface area contributed by atoms with E-state index in [1.807, 2.05) is 12.1 Å². The second-order valence-corrected chi connectivity index (χ2v) is 5.13. The molecule has 0 aromatic heterocycles. The van der Waals surface area contributed by atoms with Crippen LogP contribution in [0.1, 0.15) is 30.5 Å². The van der Waals surface area contributed by atoms with E-state index in [-0.39, 0.29) is 18.0 Å². The van der Waals surface area contributed by atoms with Crippen LogP contribution < -0.4 is 5.73 Å². The van der Waals surface area contributed by atoms with Crippen molar-refractivity contribution in [3.8, 4) is 0 Å². The Labute approximate surface area is 114 Å². The fourth-order valence-electron chi connectivity index (χ4n) is 2.80. The third kappa shape index (κ3) is 3.14. The van der Waals surface area contributed by atoms with Gasteiger partial charge in [0.1, 0.15) is 5.82 Å². The van der Waals surface area contributed by atoms with Gasteiger partial charge >= 0.3 is 0 Å². The lowest BCUT2D eigenvalue weighted by Crippen LogP contribution is -2.48. The van der Waals surface area contributed by atoms with E-state index in [0.717, 1.165) is 31.7 Å². The van der Waals surface area contributed by atoms with Crippen LogP contribution in [0, 0.1) is 12.7 Å². The monoisotopic (exact) mass is 266 g/mol. The summed E-state index contributed by atoms with van der Waals surface area (Å²) in [6.07, 6.45) is 1.08. The lowest BCUT2D eigenvalue weighted by molar-refractivity contribution is -0.0676. The van der Waals surface area contributed by atoms with Gasteiger partial charge in [-0.25, -0.2) is 4.39 Å². The molecule has 0 aliphatic carbocycles. The molecule has 1 aromatic carbocycles. The van der Waals surface area contributed by atoms with Crippen molar-refractivity contribution < 1.29 is 9.13 Å². The van der Waals surface area contributed by atoms with Crippen molar-refractivity contribution in [3.63, 3.8) is 0 Å². The van der Waals surface area contributed by atoms with Gasteiger partial charge in [-0.3, -0.25) is 4.90 Å². The van der Waals surface area contributed by atoms with Gasteiger partial charge in [0, 0.05) is 13.1 Å². The summed E-state index contributed by atoms with van der Waals surface area (Å²) in [6, 6.07) is 5.45. The fraction of sp³-hybridized carbons (Fsp3) is 0.600. The van der Waals surface area contributed by atoms with Crippen molar-refractivity contribution in [1.82, 2.24) is 4.90 Å². The number of hydrogen-bond donors (Lipinski definition) is 1. The molecule has 106 valence electrons. The lowest BCUT2D eigenvalue weighted by atomic mass is 9.96. The third-order valence-electron chi connectivity index (χ3n) is 3.72. The Morgan fingerprint density at radius 3 is 2.89 bits per heavy atom. The maximum Gasteiger partial charge on any atom is 0.126 e. The minimum atomic E-state index is -0.160. The Hall–Kier alpha value is -0.970. The Balaban J connectivity index is 2.30.